The molecule has 0 spiro atoms. The maximum Gasteiger partial charge on any atom is 0.00698 e. The highest BCUT2D eigenvalue weighted by Gasteiger charge is 2.43. The topological polar surface area (TPSA) is 12.0 Å². The van der Waals surface area contributed by atoms with Gasteiger partial charge < -0.3 is 5.32 Å². The Bertz CT molecular complexity index is 168. The fourth-order valence-corrected chi connectivity index (χ4v) is 2.65. The van der Waals surface area contributed by atoms with Crippen molar-refractivity contribution in [1.82, 2.24) is 5.32 Å². The van der Waals surface area contributed by atoms with E-state index in [1.165, 1.54) is 19.3 Å². The second-order valence-corrected chi connectivity index (χ2v) is 5.84. The Morgan fingerprint density at radius 2 is 1.67 bits per heavy atom. The molecule has 1 fully saturated rings. The molecule has 0 amide bonds. The summed E-state index contributed by atoms with van der Waals surface area (Å²) in [5, 5.41) is 3.65. The predicted molar refractivity (Wildman–Crippen MR) is 68.0 cm³/mol. The second-order valence-electron chi connectivity index (χ2n) is 5.84. The molecule has 0 heterocycles. The fraction of sp³-hybridized carbons (Fsp3) is 1.00. The zero-order valence-electron chi connectivity index (χ0n) is 11.2. The molecule has 0 aromatic heterocycles. The number of hydrogen-bond acceptors (Lipinski definition) is 1. The fourth-order valence-electron chi connectivity index (χ4n) is 2.65. The lowest BCUT2D eigenvalue weighted by atomic mass is 9.98. The van der Waals surface area contributed by atoms with Crippen LogP contribution in [0.15, 0.2) is 0 Å². The standard InChI is InChI=1S/C14H29N/c1-6-15-13(8-7-10(2)3)9-14-11(4)12(14)5/h10-15H,6-9H2,1-5H3/t11-,12?,13+,14-/m1/s1. The molecule has 0 aromatic carbocycles. The van der Waals surface area contributed by atoms with Gasteiger partial charge in [-0.3, -0.25) is 0 Å². The molecule has 0 saturated heterocycles. The molecule has 15 heavy (non-hydrogen) atoms. The summed E-state index contributed by atoms with van der Waals surface area (Å²) in [6, 6.07) is 0.773. The van der Waals surface area contributed by atoms with Gasteiger partial charge in [-0.2, -0.15) is 0 Å². The SMILES string of the molecule is CCN[C@@H](CCC(C)C)C[C@H]1C(C)[C@H]1C. The summed E-state index contributed by atoms with van der Waals surface area (Å²) in [6.45, 7) is 12.8. The minimum absolute atomic E-state index is 0.773. The van der Waals surface area contributed by atoms with Gasteiger partial charge in [-0.05, 0) is 49.5 Å². The first kappa shape index (κ1) is 13.0. The monoisotopic (exact) mass is 211 g/mol. The summed E-state index contributed by atoms with van der Waals surface area (Å²) < 4.78 is 0. The molecular formula is C14H29N. The summed E-state index contributed by atoms with van der Waals surface area (Å²) >= 11 is 0. The zero-order chi connectivity index (χ0) is 11.4. The summed E-state index contributed by atoms with van der Waals surface area (Å²) in [4.78, 5) is 0. The van der Waals surface area contributed by atoms with E-state index in [4.69, 9.17) is 0 Å². The van der Waals surface area contributed by atoms with E-state index in [1.807, 2.05) is 0 Å². The molecular weight excluding hydrogens is 182 g/mol. The highest BCUT2D eigenvalue weighted by atomic mass is 14.9. The van der Waals surface area contributed by atoms with Crippen LogP contribution in [0.4, 0.5) is 0 Å². The van der Waals surface area contributed by atoms with Gasteiger partial charge in [0.15, 0.2) is 0 Å². The van der Waals surface area contributed by atoms with Gasteiger partial charge in [0.05, 0.1) is 0 Å². The third kappa shape index (κ3) is 4.14. The molecule has 4 atom stereocenters. The van der Waals surface area contributed by atoms with E-state index in [0.717, 1.165) is 36.3 Å². The Hall–Kier alpha value is -0.0400. The van der Waals surface area contributed by atoms with Gasteiger partial charge in [-0.1, -0.05) is 34.6 Å². The predicted octanol–water partition coefficient (Wildman–Crippen LogP) is 3.69. The molecule has 0 bridgehead atoms. The highest BCUT2D eigenvalue weighted by Crippen LogP contribution is 2.48. The van der Waals surface area contributed by atoms with Crippen molar-refractivity contribution in [3.63, 3.8) is 0 Å². The van der Waals surface area contributed by atoms with E-state index in [9.17, 15) is 0 Å². The first-order valence-corrected chi connectivity index (χ1v) is 6.79. The van der Waals surface area contributed by atoms with Crippen LogP contribution in [0.5, 0.6) is 0 Å². The summed E-state index contributed by atoms with van der Waals surface area (Å²) in [6.07, 6.45) is 4.14. The quantitative estimate of drug-likeness (QED) is 0.677. The lowest BCUT2D eigenvalue weighted by Gasteiger charge is -2.19. The van der Waals surface area contributed by atoms with Gasteiger partial charge in [-0.25, -0.2) is 0 Å². The zero-order valence-corrected chi connectivity index (χ0v) is 11.2. The molecule has 90 valence electrons. The second kappa shape index (κ2) is 5.89. The molecule has 1 heteroatoms. The lowest BCUT2D eigenvalue weighted by molar-refractivity contribution is 0.392. The van der Waals surface area contributed by atoms with E-state index >= 15 is 0 Å². The van der Waals surface area contributed by atoms with Crippen molar-refractivity contribution in [2.24, 2.45) is 23.7 Å². The van der Waals surface area contributed by atoms with E-state index in [2.05, 4.69) is 39.9 Å². The lowest BCUT2D eigenvalue weighted by Crippen LogP contribution is -2.30. The first-order chi connectivity index (χ1) is 7.06. The van der Waals surface area contributed by atoms with Crippen molar-refractivity contribution in [3.8, 4) is 0 Å². The van der Waals surface area contributed by atoms with E-state index in [-0.39, 0.29) is 0 Å². The van der Waals surface area contributed by atoms with Crippen molar-refractivity contribution < 1.29 is 0 Å². The van der Waals surface area contributed by atoms with Crippen molar-refractivity contribution in [3.05, 3.63) is 0 Å². The number of nitrogens with one attached hydrogen (secondary N) is 1. The molecule has 1 nitrogen and oxygen atoms in total. The molecule has 1 rings (SSSR count). The number of rotatable bonds is 7. The molecule has 1 aliphatic rings. The van der Waals surface area contributed by atoms with Crippen LogP contribution in [0, 0.1) is 23.7 Å². The van der Waals surface area contributed by atoms with Gasteiger partial charge in [0.25, 0.3) is 0 Å². The minimum atomic E-state index is 0.773. The van der Waals surface area contributed by atoms with E-state index < -0.39 is 0 Å². The largest absolute Gasteiger partial charge is 0.314 e. The summed E-state index contributed by atoms with van der Waals surface area (Å²) in [5.74, 6) is 3.80. The van der Waals surface area contributed by atoms with Crippen LogP contribution >= 0.6 is 0 Å². The van der Waals surface area contributed by atoms with E-state index in [1.54, 1.807) is 0 Å². The van der Waals surface area contributed by atoms with Crippen LogP contribution in [-0.4, -0.2) is 12.6 Å². The maximum atomic E-state index is 3.65. The van der Waals surface area contributed by atoms with Crippen LogP contribution in [-0.2, 0) is 0 Å². The van der Waals surface area contributed by atoms with Gasteiger partial charge in [-0.15, -0.1) is 0 Å². The Morgan fingerprint density at radius 3 is 2.07 bits per heavy atom. The smallest absolute Gasteiger partial charge is 0.00698 e. The average molecular weight is 211 g/mol. The Morgan fingerprint density at radius 1 is 1.07 bits per heavy atom. The van der Waals surface area contributed by atoms with Gasteiger partial charge in [0, 0.05) is 6.04 Å². The van der Waals surface area contributed by atoms with Crippen LogP contribution < -0.4 is 5.32 Å². The van der Waals surface area contributed by atoms with Gasteiger partial charge >= 0.3 is 0 Å². The van der Waals surface area contributed by atoms with Crippen LogP contribution in [0.3, 0.4) is 0 Å². The van der Waals surface area contributed by atoms with Gasteiger partial charge in [0.1, 0.15) is 0 Å². The minimum Gasteiger partial charge on any atom is -0.314 e. The molecule has 0 radical (unpaired) electrons. The molecule has 1 N–H and O–H groups in total. The van der Waals surface area contributed by atoms with Crippen molar-refractivity contribution >= 4 is 0 Å². The van der Waals surface area contributed by atoms with Crippen molar-refractivity contribution in [2.75, 3.05) is 6.54 Å². The molecule has 1 aliphatic carbocycles. The highest BCUT2D eigenvalue weighted by molar-refractivity contribution is 4.93. The van der Waals surface area contributed by atoms with Crippen LogP contribution in [0.25, 0.3) is 0 Å². The third-order valence-corrected chi connectivity index (χ3v) is 4.18. The molecule has 1 saturated carbocycles. The van der Waals surface area contributed by atoms with E-state index in [0.29, 0.717) is 0 Å². The van der Waals surface area contributed by atoms with Crippen LogP contribution in [0.1, 0.15) is 53.9 Å². The summed E-state index contributed by atoms with van der Waals surface area (Å²) in [7, 11) is 0. The Balaban J connectivity index is 2.24. The van der Waals surface area contributed by atoms with Crippen molar-refractivity contribution in [2.45, 2.75) is 59.9 Å². The van der Waals surface area contributed by atoms with Crippen molar-refractivity contribution in [1.29, 1.82) is 0 Å². The summed E-state index contributed by atoms with van der Waals surface area (Å²) in [5.41, 5.74) is 0. The molecule has 0 aromatic rings. The van der Waals surface area contributed by atoms with Crippen LogP contribution in [0.2, 0.25) is 0 Å². The number of hydrogen-bond donors (Lipinski definition) is 1. The normalized spacial score (nSPS) is 32.0. The molecule has 0 aliphatic heterocycles. The maximum absolute atomic E-state index is 3.65. The third-order valence-electron chi connectivity index (χ3n) is 4.18. The molecule has 1 unspecified atom stereocenters. The average Bonchev–Trinajstić information content (AvgIpc) is 2.72. The first-order valence-electron chi connectivity index (χ1n) is 6.79. The Labute approximate surface area is 96.0 Å². The Kier molecular flexibility index (Phi) is 5.11. The van der Waals surface area contributed by atoms with Gasteiger partial charge in [0.2, 0.25) is 0 Å².